The molecule has 1 saturated carbocycles. The smallest absolute Gasteiger partial charge is 0.214 e. The first-order valence-corrected chi connectivity index (χ1v) is 9.82. The molecular weight excluding hydrogens is 330 g/mol. The van der Waals surface area contributed by atoms with Crippen molar-refractivity contribution in [2.24, 2.45) is 0 Å². The summed E-state index contributed by atoms with van der Waals surface area (Å²) in [5.74, 6) is 0.638. The number of rotatable bonds is 5. The molecule has 132 valence electrons. The van der Waals surface area contributed by atoms with Crippen molar-refractivity contribution in [1.29, 1.82) is 0 Å². The predicted molar refractivity (Wildman–Crippen MR) is 105 cm³/mol. The minimum atomic E-state index is 0.210. The molecular formula is C19H25N5S. The molecule has 1 N–H and O–H groups in total. The Balaban J connectivity index is 1.47. The number of imidazole rings is 1. The van der Waals surface area contributed by atoms with Crippen LogP contribution in [-0.2, 0) is 0 Å². The van der Waals surface area contributed by atoms with Gasteiger partial charge in [-0.1, -0.05) is 36.3 Å². The molecule has 0 spiro atoms. The van der Waals surface area contributed by atoms with Gasteiger partial charge in [0.15, 0.2) is 0 Å². The molecule has 0 radical (unpaired) electrons. The van der Waals surface area contributed by atoms with Crippen molar-refractivity contribution in [1.82, 2.24) is 14.6 Å². The molecule has 5 nitrogen and oxygen atoms in total. The Hall–Kier alpha value is -2.08. The second kappa shape index (κ2) is 6.67. The van der Waals surface area contributed by atoms with E-state index >= 15 is 0 Å². The van der Waals surface area contributed by atoms with E-state index in [1.54, 1.807) is 11.3 Å². The molecule has 4 rings (SSSR count). The number of benzene rings is 1. The van der Waals surface area contributed by atoms with Gasteiger partial charge in [0.2, 0.25) is 10.1 Å². The van der Waals surface area contributed by atoms with Crippen LogP contribution in [0.25, 0.3) is 4.96 Å². The quantitative estimate of drug-likeness (QED) is 0.721. The maximum absolute atomic E-state index is 4.80. The summed E-state index contributed by atoms with van der Waals surface area (Å²) in [6, 6.07) is 8.85. The van der Waals surface area contributed by atoms with Crippen LogP contribution in [0.1, 0.15) is 55.8 Å². The van der Waals surface area contributed by atoms with Crippen molar-refractivity contribution in [2.75, 3.05) is 24.3 Å². The minimum absolute atomic E-state index is 0.210. The van der Waals surface area contributed by atoms with Crippen LogP contribution in [0, 0.1) is 0 Å². The van der Waals surface area contributed by atoms with Crippen molar-refractivity contribution in [2.45, 2.75) is 44.6 Å². The lowest BCUT2D eigenvalue weighted by molar-refractivity contribution is 0.702. The summed E-state index contributed by atoms with van der Waals surface area (Å²) >= 11 is 1.63. The summed E-state index contributed by atoms with van der Waals surface area (Å²) in [5.41, 5.74) is 3.68. The molecule has 1 unspecified atom stereocenters. The lowest BCUT2D eigenvalue weighted by atomic mass is 10.1. The first-order chi connectivity index (χ1) is 12.1. The van der Waals surface area contributed by atoms with Crippen LogP contribution < -0.4 is 10.2 Å². The fourth-order valence-corrected chi connectivity index (χ4v) is 4.40. The van der Waals surface area contributed by atoms with Gasteiger partial charge in [0, 0.05) is 25.7 Å². The molecule has 1 fully saturated rings. The highest BCUT2D eigenvalue weighted by atomic mass is 32.1. The van der Waals surface area contributed by atoms with E-state index in [1.807, 2.05) is 4.52 Å². The van der Waals surface area contributed by atoms with E-state index in [0.29, 0.717) is 5.92 Å². The summed E-state index contributed by atoms with van der Waals surface area (Å²) < 4.78 is 1.93. The third-order valence-electron chi connectivity index (χ3n) is 5.08. The SMILES string of the molecule is CC(Nc1nn2cc(C3CCCC3)nc2s1)c1ccc(N(C)C)cc1. The average molecular weight is 356 g/mol. The normalized spacial score (nSPS) is 16.4. The summed E-state index contributed by atoms with van der Waals surface area (Å²) in [5, 5.41) is 9.09. The number of fused-ring (bicyclic) bond motifs is 1. The highest BCUT2D eigenvalue weighted by Crippen LogP contribution is 2.34. The van der Waals surface area contributed by atoms with Crippen LogP contribution in [-0.4, -0.2) is 28.7 Å². The minimum Gasteiger partial charge on any atom is -0.378 e. The Morgan fingerprint density at radius 3 is 2.56 bits per heavy atom. The number of nitrogens with one attached hydrogen (secondary N) is 1. The Morgan fingerprint density at radius 2 is 1.92 bits per heavy atom. The monoisotopic (exact) mass is 355 g/mol. The topological polar surface area (TPSA) is 45.5 Å². The van der Waals surface area contributed by atoms with Crippen LogP contribution in [0.15, 0.2) is 30.5 Å². The van der Waals surface area contributed by atoms with Crippen molar-refractivity contribution in [3.8, 4) is 0 Å². The average Bonchev–Trinajstić information content (AvgIpc) is 3.30. The van der Waals surface area contributed by atoms with Gasteiger partial charge >= 0.3 is 0 Å². The molecule has 0 amide bonds. The highest BCUT2D eigenvalue weighted by Gasteiger charge is 2.21. The molecule has 1 atom stereocenters. The van der Waals surface area contributed by atoms with E-state index in [2.05, 4.69) is 66.8 Å². The lowest BCUT2D eigenvalue weighted by Gasteiger charge is -2.16. The number of hydrogen-bond donors (Lipinski definition) is 1. The maximum Gasteiger partial charge on any atom is 0.214 e. The first kappa shape index (κ1) is 16.4. The highest BCUT2D eigenvalue weighted by molar-refractivity contribution is 7.20. The van der Waals surface area contributed by atoms with E-state index in [1.165, 1.54) is 42.6 Å². The fraction of sp³-hybridized carbons (Fsp3) is 0.474. The second-order valence-corrected chi connectivity index (χ2v) is 8.09. The van der Waals surface area contributed by atoms with E-state index in [9.17, 15) is 0 Å². The molecule has 1 aromatic carbocycles. The molecule has 6 heteroatoms. The van der Waals surface area contributed by atoms with E-state index in [-0.39, 0.29) is 6.04 Å². The van der Waals surface area contributed by atoms with E-state index < -0.39 is 0 Å². The molecule has 2 heterocycles. The van der Waals surface area contributed by atoms with E-state index in [4.69, 9.17) is 4.98 Å². The Bertz CT molecular complexity index is 811. The number of anilines is 2. The zero-order chi connectivity index (χ0) is 17.4. The predicted octanol–water partition coefficient (Wildman–Crippen LogP) is 4.69. The van der Waals surface area contributed by atoms with Crippen LogP contribution in [0.4, 0.5) is 10.8 Å². The molecule has 1 aliphatic rings. The van der Waals surface area contributed by atoms with E-state index in [0.717, 1.165) is 10.1 Å². The molecule has 1 aliphatic carbocycles. The van der Waals surface area contributed by atoms with Crippen LogP contribution in [0.2, 0.25) is 0 Å². The molecule has 0 bridgehead atoms. The molecule has 0 aliphatic heterocycles. The van der Waals surface area contributed by atoms with Crippen molar-refractivity contribution in [3.63, 3.8) is 0 Å². The van der Waals surface area contributed by atoms with Crippen molar-refractivity contribution >= 4 is 27.1 Å². The maximum atomic E-state index is 4.80. The zero-order valence-corrected chi connectivity index (χ0v) is 15.9. The third kappa shape index (κ3) is 3.35. The van der Waals surface area contributed by atoms with Crippen molar-refractivity contribution < 1.29 is 0 Å². The van der Waals surface area contributed by atoms with Gasteiger partial charge in [-0.3, -0.25) is 0 Å². The third-order valence-corrected chi connectivity index (χ3v) is 5.94. The van der Waals surface area contributed by atoms with Gasteiger partial charge < -0.3 is 10.2 Å². The van der Waals surface area contributed by atoms with Gasteiger partial charge in [0.05, 0.1) is 17.9 Å². The number of nitrogens with zero attached hydrogens (tertiary/aromatic N) is 4. The van der Waals surface area contributed by atoms with Gasteiger partial charge in [0.1, 0.15) is 0 Å². The van der Waals surface area contributed by atoms with Gasteiger partial charge in [-0.15, -0.1) is 5.10 Å². The van der Waals surface area contributed by atoms with Gasteiger partial charge in [-0.25, -0.2) is 9.50 Å². The first-order valence-electron chi connectivity index (χ1n) is 9.00. The number of aromatic nitrogens is 3. The Labute approximate surface area is 152 Å². The second-order valence-electron chi connectivity index (χ2n) is 7.13. The van der Waals surface area contributed by atoms with Crippen LogP contribution >= 0.6 is 11.3 Å². The largest absolute Gasteiger partial charge is 0.378 e. The molecule has 25 heavy (non-hydrogen) atoms. The van der Waals surface area contributed by atoms with Crippen LogP contribution in [0.5, 0.6) is 0 Å². The van der Waals surface area contributed by atoms with Gasteiger partial charge in [0.25, 0.3) is 0 Å². The lowest BCUT2D eigenvalue weighted by Crippen LogP contribution is -2.10. The summed E-state index contributed by atoms with van der Waals surface area (Å²) in [6.07, 6.45) is 7.33. The summed E-state index contributed by atoms with van der Waals surface area (Å²) in [6.45, 7) is 2.17. The zero-order valence-electron chi connectivity index (χ0n) is 15.1. The van der Waals surface area contributed by atoms with Gasteiger partial charge in [-0.2, -0.15) is 0 Å². The standard InChI is InChI=1S/C19H25N5S/c1-13(14-8-10-16(11-9-14)23(2)3)20-18-22-24-12-17(21-19(24)25-18)15-6-4-5-7-15/h8-13,15H,4-7H2,1-3H3,(H,20,22). The summed E-state index contributed by atoms with van der Waals surface area (Å²) in [4.78, 5) is 7.90. The fourth-order valence-electron chi connectivity index (χ4n) is 3.52. The number of hydrogen-bond acceptors (Lipinski definition) is 5. The summed E-state index contributed by atoms with van der Waals surface area (Å²) in [7, 11) is 4.11. The molecule has 2 aromatic heterocycles. The molecule has 3 aromatic rings. The van der Waals surface area contributed by atoms with Gasteiger partial charge in [-0.05, 0) is 37.5 Å². The molecule has 0 saturated heterocycles. The Kier molecular flexibility index (Phi) is 4.37. The van der Waals surface area contributed by atoms with Crippen LogP contribution in [0.3, 0.4) is 0 Å². The Morgan fingerprint density at radius 1 is 1.20 bits per heavy atom. The van der Waals surface area contributed by atoms with Crippen molar-refractivity contribution in [3.05, 3.63) is 41.7 Å².